The predicted molar refractivity (Wildman–Crippen MR) is 167 cm³/mol. The molecule has 4 aromatic carbocycles. The van der Waals surface area contributed by atoms with E-state index in [0.29, 0.717) is 33.9 Å². The van der Waals surface area contributed by atoms with Gasteiger partial charge in [-0.25, -0.2) is 14.4 Å². The van der Waals surface area contributed by atoms with Crippen LogP contribution in [0, 0.1) is 0 Å². The molecule has 2 saturated heterocycles. The maximum absolute atomic E-state index is 12.9. The Morgan fingerprint density at radius 3 is 1.46 bits per heavy atom. The molecule has 1 unspecified atom stereocenters. The molecule has 0 amide bonds. The average molecular weight is 657 g/mol. The first kappa shape index (κ1) is 32.7. The molecule has 2 heterocycles. The number of ether oxygens (including phenoxy) is 8. The summed E-state index contributed by atoms with van der Waals surface area (Å²) in [6, 6.07) is 25.3. The molecule has 1 N–H and O–H groups in total. The molecule has 2 aliphatic heterocycles. The Morgan fingerprint density at radius 1 is 0.583 bits per heavy atom. The molecule has 248 valence electrons. The molecular formula is C36H32O12. The molecule has 12 heteroatoms. The van der Waals surface area contributed by atoms with Gasteiger partial charge >= 0.3 is 17.9 Å². The summed E-state index contributed by atoms with van der Waals surface area (Å²) >= 11 is 0. The lowest BCUT2D eigenvalue weighted by Crippen LogP contribution is -2.35. The van der Waals surface area contributed by atoms with Crippen LogP contribution in [-0.4, -0.2) is 74.9 Å². The van der Waals surface area contributed by atoms with Crippen molar-refractivity contribution in [3.63, 3.8) is 0 Å². The Bertz CT molecular complexity index is 1720. The number of hydrogen-bond donors (Lipinski definition) is 1. The van der Waals surface area contributed by atoms with E-state index in [9.17, 15) is 19.5 Å². The first-order chi connectivity index (χ1) is 23.3. The van der Waals surface area contributed by atoms with Crippen molar-refractivity contribution in [3.8, 4) is 23.0 Å². The highest BCUT2D eigenvalue weighted by molar-refractivity contribution is 5.92. The zero-order valence-electron chi connectivity index (χ0n) is 26.0. The Hall–Kier alpha value is -5.27. The van der Waals surface area contributed by atoms with Crippen molar-refractivity contribution in [2.24, 2.45) is 0 Å². The molecule has 0 radical (unpaired) electrons. The van der Waals surface area contributed by atoms with Gasteiger partial charge < -0.3 is 43.0 Å². The van der Waals surface area contributed by atoms with Crippen LogP contribution in [0.2, 0.25) is 0 Å². The number of hydrogen-bond acceptors (Lipinski definition) is 12. The highest BCUT2D eigenvalue weighted by Crippen LogP contribution is 2.33. The second-order valence-corrected chi connectivity index (χ2v) is 10.9. The average Bonchev–Trinajstić information content (AvgIpc) is 3.71. The third kappa shape index (κ3) is 7.48. The molecule has 6 rings (SSSR count). The second-order valence-electron chi connectivity index (χ2n) is 10.9. The summed E-state index contributed by atoms with van der Waals surface area (Å²) in [6.45, 7) is 0.203. The van der Waals surface area contributed by atoms with Crippen molar-refractivity contribution < 1.29 is 57.4 Å². The van der Waals surface area contributed by atoms with Crippen LogP contribution in [0.5, 0.6) is 23.0 Å². The van der Waals surface area contributed by atoms with Crippen LogP contribution in [0.25, 0.3) is 0 Å². The third-order valence-corrected chi connectivity index (χ3v) is 7.85. The standard InChI is InChI=1S/C36H32O12/c1-41-25-11-3-21(4-12-25)33(37)45-27-15-7-23(8-16-27)35(39)47-29-19-43-32-30(20-44-31(29)32)48-36(40)24-9-17-28(18-10-24)46-34(38)22-5-13-26(42-2)14-6-22/h3-18,29-32,35,39H,19-20H2,1-2H3/t29-,30+,31+,32+,35?/m0/s1. The van der Waals surface area contributed by atoms with Gasteiger partial charge in [-0.05, 0) is 84.9 Å². The Morgan fingerprint density at radius 2 is 0.979 bits per heavy atom. The molecule has 0 aliphatic carbocycles. The lowest BCUT2D eigenvalue weighted by Gasteiger charge is -2.21. The number of carbonyl (C=O) groups excluding carboxylic acids is 3. The van der Waals surface area contributed by atoms with Crippen LogP contribution < -0.4 is 18.9 Å². The maximum atomic E-state index is 12.9. The summed E-state index contributed by atoms with van der Waals surface area (Å²) < 4.78 is 44.2. The lowest BCUT2D eigenvalue weighted by molar-refractivity contribution is -0.163. The zero-order chi connectivity index (χ0) is 33.6. The molecule has 48 heavy (non-hydrogen) atoms. The molecule has 2 aliphatic rings. The van der Waals surface area contributed by atoms with E-state index in [1.54, 1.807) is 72.8 Å². The molecular weight excluding hydrogens is 624 g/mol. The van der Waals surface area contributed by atoms with Crippen molar-refractivity contribution in [3.05, 3.63) is 119 Å². The van der Waals surface area contributed by atoms with Gasteiger partial charge in [-0.1, -0.05) is 12.1 Å². The second kappa shape index (κ2) is 14.7. The van der Waals surface area contributed by atoms with Gasteiger partial charge in [0.15, 0.2) is 12.4 Å². The Balaban J connectivity index is 0.975. The summed E-state index contributed by atoms with van der Waals surface area (Å²) in [5.41, 5.74) is 1.40. The smallest absolute Gasteiger partial charge is 0.343 e. The fraction of sp³-hybridized carbons (Fsp3) is 0.250. The van der Waals surface area contributed by atoms with Crippen molar-refractivity contribution in [2.45, 2.75) is 30.7 Å². The van der Waals surface area contributed by atoms with Gasteiger partial charge in [0.1, 0.15) is 41.3 Å². The summed E-state index contributed by atoms with van der Waals surface area (Å²) in [5, 5.41) is 10.7. The van der Waals surface area contributed by atoms with Crippen molar-refractivity contribution in [2.75, 3.05) is 27.4 Å². The van der Waals surface area contributed by atoms with Crippen molar-refractivity contribution in [1.82, 2.24) is 0 Å². The molecule has 0 saturated carbocycles. The summed E-state index contributed by atoms with van der Waals surface area (Å²) in [7, 11) is 3.07. The molecule has 5 atom stereocenters. The van der Waals surface area contributed by atoms with E-state index in [-0.39, 0.29) is 24.5 Å². The zero-order valence-corrected chi connectivity index (χ0v) is 26.0. The topological polar surface area (TPSA) is 145 Å². The normalized spacial score (nSPS) is 20.3. The van der Waals surface area contributed by atoms with Gasteiger partial charge in [0.05, 0.1) is 44.1 Å². The molecule has 0 aromatic heterocycles. The molecule has 12 nitrogen and oxygen atoms in total. The van der Waals surface area contributed by atoms with E-state index in [2.05, 4.69) is 0 Å². The summed E-state index contributed by atoms with van der Waals surface area (Å²) in [4.78, 5) is 37.7. The van der Waals surface area contributed by atoms with Crippen LogP contribution in [0.4, 0.5) is 0 Å². The lowest BCUT2D eigenvalue weighted by atomic mass is 10.1. The van der Waals surface area contributed by atoms with E-state index in [0.717, 1.165) is 0 Å². The van der Waals surface area contributed by atoms with E-state index in [1.807, 2.05) is 0 Å². The van der Waals surface area contributed by atoms with Gasteiger partial charge in [-0.2, -0.15) is 0 Å². The third-order valence-electron chi connectivity index (χ3n) is 7.85. The summed E-state index contributed by atoms with van der Waals surface area (Å²) in [5.74, 6) is 0.116. The number of rotatable bonds is 11. The number of aliphatic hydroxyl groups excluding tert-OH is 1. The first-order valence-electron chi connectivity index (χ1n) is 15.0. The molecule has 2 fully saturated rings. The van der Waals surface area contributed by atoms with Crippen LogP contribution >= 0.6 is 0 Å². The molecule has 4 aromatic rings. The van der Waals surface area contributed by atoms with Crippen LogP contribution in [-0.2, 0) is 18.9 Å². The Labute approximate surface area is 275 Å². The summed E-state index contributed by atoms with van der Waals surface area (Å²) in [6.07, 6.45) is -3.79. The van der Waals surface area contributed by atoms with Crippen LogP contribution in [0.1, 0.15) is 42.9 Å². The van der Waals surface area contributed by atoms with E-state index in [1.165, 1.54) is 38.5 Å². The monoisotopic (exact) mass is 656 g/mol. The van der Waals surface area contributed by atoms with E-state index in [4.69, 9.17) is 37.9 Å². The number of aliphatic hydroxyl groups is 1. The number of benzene rings is 4. The van der Waals surface area contributed by atoms with Crippen LogP contribution in [0.15, 0.2) is 97.1 Å². The van der Waals surface area contributed by atoms with Crippen LogP contribution in [0.3, 0.4) is 0 Å². The fourth-order valence-corrected chi connectivity index (χ4v) is 5.24. The van der Waals surface area contributed by atoms with Gasteiger partial charge in [0.2, 0.25) is 0 Å². The highest BCUT2D eigenvalue weighted by Gasteiger charge is 2.50. The quantitative estimate of drug-likeness (QED) is 0.137. The maximum Gasteiger partial charge on any atom is 0.343 e. The molecule has 0 spiro atoms. The predicted octanol–water partition coefficient (Wildman–Crippen LogP) is 4.54. The van der Waals surface area contributed by atoms with Gasteiger partial charge in [-0.3, -0.25) is 0 Å². The minimum atomic E-state index is -1.31. The van der Waals surface area contributed by atoms with Gasteiger partial charge in [0, 0.05) is 5.56 Å². The van der Waals surface area contributed by atoms with Gasteiger partial charge in [-0.15, -0.1) is 0 Å². The first-order valence-corrected chi connectivity index (χ1v) is 15.0. The van der Waals surface area contributed by atoms with E-state index >= 15 is 0 Å². The van der Waals surface area contributed by atoms with Crippen molar-refractivity contribution in [1.29, 1.82) is 0 Å². The fourth-order valence-electron chi connectivity index (χ4n) is 5.24. The number of carbonyl (C=O) groups is 3. The molecule has 0 bridgehead atoms. The van der Waals surface area contributed by atoms with Gasteiger partial charge in [0.25, 0.3) is 0 Å². The Kier molecular flexibility index (Phi) is 9.97. The number of fused-ring (bicyclic) bond motifs is 1. The number of esters is 3. The minimum Gasteiger partial charge on any atom is -0.497 e. The minimum absolute atomic E-state index is 0.0862. The van der Waals surface area contributed by atoms with Crippen molar-refractivity contribution >= 4 is 17.9 Å². The van der Waals surface area contributed by atoms with E-state index < -0.39 is 48.6 Å². The largest absolute Gasteiger partial charge is 0.497 e. The number of methoxy groups -OCH3 is 2. The highest BCUT2D eigenvalue weighted by atomic mass is 16.7. The SMILES string of the molecule is COc1ccc(C(=O)Oc2ccc(C(=O)O[C@@H]3CO[C@H]4[C@@H]3OC[C@@H]4OC(O)c3ccc(OC(=O)c4ccc(OC)cc4)cc3)cc2)cc1.